The maximum Gasteiger partial charge on any atom is 0.276 e. The molecule has 7 heteroatoms. The molecule has 0 unspecified atom stereocenters. The first-order valence-corrected chi connectivity index (χ1v) is 8.88. The number of furan rings is 1. The first-order chi connectivity index (χ1) is 12.1. The van der Waals surface area contributed by atoms with Gasteiger partial charge in [-0.05, 0) is 37.5 Å². The lowest BCUT2D eigenvalue weighted by molar-refractivity contribution is 0.0652. The van der Waals surface area contributed by atoms with Gasteiger partial charge in [-0.15, -0.1) is 0 Å². The van der Waals surface area contributed by atoms with E-state index < -0.39 is 0 Å². The van der Waals surface area contributed by atoms with Crippen LogP contribution in [0, 0.1) is 6.92 Å². The summed E-state index contributed by atoms with van der Waals surface area (Å²) in [4.78, 5) is 19.4. The van der Waals surface area contributed by atoms with Crippen LogP contribution >= 0.6 is 11.6 Å². The van der Waals surface area contributed by atoms with E-state index in [1.54, 1.807) is 17.0 Å². The van der Waals surface area contributed by atoms with E-state index in [-0.39, 0.29) is 17.6 Å². The molecule has 1 fully saturated rings. The molecule has 4 rings (SSSR count). The summed E-state index contributed by atoms with van der Waals surface area (Å²) in [6.45, 7) is 2.59. The van der Waals surface area contributed by atoms with Crippen molar-refractivity contribution in [3.05, 3.63) is 52.8 Å². The molecular formula is C18H19ClN4O2. The second-order valence-corrected chi connectivity index (χ2v) is 6.82. The molecule has 3 aromatic heterocycles. The summed E-state index contributed by atoms with van der Waals surface area (Å²) in [6.07, 6.45) is 9.18. The lowest BCUT2D eigenvalue weighted by Crippen LogP contribution is -2.35. The number of amides is 1. The van der Waals surface area contributed by atoms with Crippen molar-refractivity contribution in [2.45, 2.75) is 38.6 Å². The van der Waals surface area contributed by atoms with Crippen molar-refractivity contribution in [2.24, 2.45) is 0 Å². The first-order valence-electron chi connectivity index (χ1n) is 8.50. The minimum absolute atomic E-state index is 0.0828. The molecule has 0 saturated carbocycles. The Morgan fingerprint density at radius 2 is 2.24 bits per heavy atom. The molecule has 0 spiro atoms. The van der Waals surface area contributed by atoms with Gasteiger partial charge in [-0.1, -0.05) is 24.4 Å². The number of halogens is 1. The third-order valence-corrected chi connectivity index (χ3v) is 4.98. The number of hydrogen-bond acceptors (Lipinski definition) is 4. The Kier molecular flexibility index (Phi) is 4.21. The van der Waals surface area contributed by atoms with Gasteiger partial charge in [-0.2, -0.15) is 5.10 Å². The highest BCUT2D eigenvalue weighted by atomic mass is 35.5. The Hall–Kier alpha value is -2.34. The van der Waals surface area contributed by atoms with Gasteiger partial charge in [0.1, 0.15) is 10.8 Å². The fraction of sp³-hybridized carbons (Fsp3) is 0.389. The van der Waals surface area contributed by atoms with Crippen LogP contribution in [0.15, 0.2) is 35.2 Å². The van der Waals surface area contributed by atoms with Crippen molar-refractivity contribution in [1.82, 2.24) is 19.5 Å². The number of nitrogens with zero attached hydrogens (tertiary/aromatic N) is 4. The molecular weight excluding hydrogens is 340 g/mol. The monoisotopic (exact) mass is 358 g/mol. The number of hydrogen-bond donors (Lipinski definition) is 0. The third kappa shape index (κ3) is 2.91. The maximum absolute atomic E-state index is 13.2. The number of aryl methyl sites for hydroxylation is 1. The normalized spacial score (nSPS) is 18.5. The Balaban J connectivity index is 1.74. The fourth-order valence-electron chi connectivity index (χ4n) is 3.40. The van der Waals surface area contributed by atoms with Crippen molar-refractivity contribution >= 4 is 23.2 Å². The highest BCUT2D eigenvalue weighted by Crippen LogP contribution is 2.33. The largest absolute Gasteiger partial charge is 0.467 e. The summed E-state index contributed by atoms with van der Waals surface area (Å²) >= 11 is 6.42. The van der Waals surface area contributed by atoms with E-state index in [9.17, 15) is 4.79 Å². The molecule has 3 aromatic rings. The van der Waals surface area contributed by atoms with Crippen LogP contribution in [0.4, 0.5) is 0 Å². The van der Waals surface area contributed by atoms with E-state index in [0.717, 1.165) is 37.0 Å². The van der Waals surface area contributed by atoms with E-state index in [4.69, 9.17) is 16.0 Å². The predicted molar refractivity (Wildman–Crippen MR) is 93.7 cm³/mol. The van der Waals surface area contributed by atoms with E-state index >= 15 is 0 Å². The number of carbonyl (C=O) groups excluding carboxylic acids is 1. The average Bonchev–Trinajstić information content (AvgIpc) is 3.16. The molecule has 25 heavy (non-hydrogen) atoms. The van der Waals surface area contributed by atoms with Crippen LogP contribution in [0.1, 0.15) is 53.5 Å². The van der Waals surface area contributed by atoms with Crippen LogP contribution < -0.4 is 0 Å². The van der Waals surface area contributed by atoms with E-state index in [0.29, 0.717) is 17.2 Å². The van der Waals surface area contributed by atoms with Gasteiger partial charge in [0.15, 0.2) is 11.3 Å². The molecule has 0 aliphatic carbocycles. The molecule has 0 aromatic carbocycles. The molecule has 130 valence electrons. The number of rotatable bonds is 2. The van der Waals surface area contributed by atoms with Crippen LogP contribution in [0.25, 0.3) is 5.65 Å². The second kappa shape index (κ2) is 6.52. The van der Waals surface area contributed by atoms with Gasteiger partial charge in [0.05, 0.1) is 12.3 Å². The molecule has 1 atom stereocenters. The van der Waals surface area contributed by atoms with Gasteiger partial charge in [0.2, 0.25) is 0 Å². The van der Waals surface area contributed by atoms with Crippen LogP contribution in [-0.4, -0.2) is 31.9 Å². The summed E-state index contributed by atoms with van der Waals surface area (Å²) in [6, 6.07) is 3.69. The van der Waals surface area contributed by atoms with Crippen LogP contribution in [0.3, 0.4) is 0 Å². The molecule has 0 N–H and O–H groups in total. The smallest absolute Gasteiger partial charge is 0.276 e. The summed E-state index contributed by atoms with van der Waals surface area (Å²) in [5, 5.41) is 4.69. The standard InChI is InChI=1S/C18H19ClN4O2/c1-12-10-20-17-15(19)16(21-23(17)11-12)18(24)22-8-4-2-3-6-13(22)14-7-5-9-25-14/h5,7,9-11,13H,2-4,6,8H2,1H3/t13-/m1/s1. The van der Waals surface area contributed by atoms with Gasteiger partial charge < -0.3 is 9.32 Å². The van der Waals surface area contributed by atoms with E-state index in [1.165, 1.54) is 0 Å². The molecule has 1 aliphatic heterocycles. The zero-order valence-electron chi connectivity index (χ0n) is 14.0. The van der Waals surface area contributed by atoms with Gasteiger partial charge in [0, 0.05) is 18.9 Å². The van der Waals surface area contributed by atoms with Crippen molar-refractivity contribution in [3.63, 3.8) is 0 Å². The van der Waals surface area contributed by atoms with Crippen molar-refractivity contribution in [2.75, 3.05) is 6.54 Å². The maximum atomic E-state index is 13.2. The quantitative estimate of drug-likeness (QED) is 0.693. The first kappa shape index (κ1) is 16.1. The topological polar surface area (TPSA) is 63.6 Å². The highest BCUT2D eigenvalue weighted by molar-refractivity contribution is 6.36. The summed E-state index contributed by atoms with van der Waals surface area (Å²) in [7, 11) is 0. The molecule has 0 radical (unpaired) electrons. The van der Waals surface area contributed by atoms with Crippen LogP contribution in [0.2, 0.25) is 5.02 Å². The lowest BCUT2D eigenvalue weighted by Gasteiger charge is -2.28. The van der Waals surface area contributed by atoms with Crippen molar-refractivity contribution in [3.8, 4) is 0 Å². The minimum atomic E-state index is -0.170. The zero-order chi connectivity index (χ0) is 17.4. The average molecular weight is 359 g/mol. The number of likely N-dealkylation sites (tertiary alicyclic amines) is 1. The minimum Gasteiger partial charge on any atom is -0.467 e. The van der Waals surface area contributed by atoms with Crippen molar-refractivity contribution < 1.29 is 9.21 Å². The Morgan fingerprint density at radius 1 is 1.36 bits per heavy atom. The van der Waals surface area contributed by atoms with E-state index in [1.807, 2.05) is 30.2 Å². The number of fused-ring (bicyclic) bond motifs is 1. The van der Waals surface area contributed by atoms with Gasteiger partial charge >= 0.3 is 0 Å². The Morgan fingerprint density at radius 3 is 3.04 bits per heavy atom. The molecule has 1 aliphatic rings. The van der Waals surface area contributed by atoms with Crippen molar-refractivity contribution in [1.29, 1.82) is 0 Å². The van der Waals surface area contributed by atoms with E-state index in [2.05, 4.69) is 10.1 Å². The zero-order valence-corrected chi connectivity index (χ0v) is 14.7. The molecule has 1 amide bonds. The molecule has 1 saturated heterocycles. The predicted octanol–water partition coefficient (Wildman–Crippen LogP) is 4.04. The lowest BCUT2D eigenvalue weighted by atomic mass is 10.1. The SMILES string of the molecule is Cc1cnc2c(Cl)c(C(=O)N3CCCCC[C@@H]3c3ccco3)nn2c1. The Labute approximate surface area is 150 Å². The fourth-order valence-corrected chi connectivity index (χ4v) is 3.66. The van der Waals surface area contributed by atoms with Gasteiger partial charge in [0.25, 0.3) is 5.91 Å². The van der Waals surface area contributed by atoms with Crippen LogP contribution in [0.5, 0.6) is 0 Å². The number of carbonyl (C=O) groups is 1. The summed E-state index contributed by atoms with van der Waals surface area (Å²) in [5.74, 6) is 0.639. The highest BCUT2D eigenvalue weighted by Gasteiger charge is 2.32. The van der Waals surface area contributed by atoms with Crippen LogP contribution in [-0.2, 0) is 0 Å². The molecule has 0 bridgehead atoms. The summed E-state index contributed by atoms with van der Waals surface area (Å²) < 4.78 is 7.16. The van der Waals surface area contributed by atoms with Gasteiger partial charge in [-0.3, -0.25) is 4.79 Å². The van der Waals surface area contributed by atoms with Gasteiger partial charge in [-0.25, -0.2) is 9.50 Å². The molecule has 6 nitrogen and oxygen atoms in total. The third-order valence-electron chi connectivity index (χ3n) is 4.63. The summed E-state index contributed by atoms with van der Waals surface area (Å²) in [5.41, 5.74) is 1.70. The second-order valence-electron chi connectivity index (χ2n) is 6.44. The Bertz CT molecular complexity index is 903. The molecule has 4 heterocycles. The number of aromatic nitrogens is 3.